The normalized spacial score (nSPS) is 11.6. The minimum atomic E-state index is -1.74. The van der Waals surface area contributed by atoms with Crippen molar-refractivity contribution in [1.82, 2.24) is 5.32 Å². The third-order valence-electron chi connectivity index (χ3n) is 2.17. The minimum Gasteiger partial charge on any atom is -0.508 e. The second-order valence-electron chi connectivity index (χ2n) is 3.54. The van der Waals surface area contributed by atoms with Gasteiger partial charge in [0, 0.05) is 6.42 Å². The SMILES string of the molecule is O=C(O)C(=O)NC(Cc1ccc(O)cc1)C(=O)O. The molecule has 0 saturated carbocycles. The molecule has 0 aliphatic heterocycles. The Morgan fingerprint density at radius 3 is 2.11 bits per heavy atom. The number of carboxylic acids is 2. The van der Waals surface area contributed by atoms with E-state index in [1.54, 1.807) is 0 Å². The number of amides is 1. The number of phenolic OH excluding ortho intramolecular Hbond substituents is 1. The molecule has 1 amide bonds. The van der Waals surface area contributed by atoms with Gasteiger partial charge in [-0.1, -0.05) is 12.1 Å². The number of phenols is 1. The Balaban J connectivity index is 2.75. The molecule has 0 fully saturated rings. The zero-order valence-corrected chi connectivity index (χ0v) is 9.16. The molecule has 1 aromatic rings. The van der Waals surface area contributed by atoms with Crippen LogP contribution in [0, 0.1) is 0 Å². The van der Waals surface area contributed by atoms with Crippen LogP contribution in [-0.4, -0.2) is 39.2 Å². The zero-order valence-electron chi connectivity index (χ0n) is 9.16. The predicted octanol–water partition coefficient (Wildman–Crippen LogP) is -0.411. The first-order chi connectivity index (χ1) is 8.40. The van der Waals surface area contributed by atoms with Crippen LogP contribution in [-0.2, 0) is 20.8 Å². The van der Waals surface area contributed by atoms with Gasteiger partial charge in [0.25, 0.3) is 0 Å². The molecule has 7 nitrogen and oxygen atoms in total. The largest absolute Gasteiger partial charge is 0.508 e. The van der Waals surface area contributed by atoms with Crippen LogP contribution in [0.3, 0.4) is 0 Å². The van der Waals surface area contributed by atoms with E-state index >= 15 is 0 Å². The highest BCUT2D eigenvalue weighted by Crippen LogP contribution is 2.11. The van der Waals surface area contributed by atoms with Crippen molar-refractivity contribution in [2.45, 2.75) is 12.5 Å². The molecule has 0 aromatic heterocycles. The van der Waals surface area contributed by atoms with Gasteiger partial charge >= 0.3 is 17.8 Å². The lowest BCUT2D eigenvalue weighted by molar-refractivity contribution is -0.152. The van der Waals surface area contributed by atoms with Gasteiger partial charge in [0.15, 0.2) is 0 Å². The maximum absolute atomic E-state index is 10.9. The van der Waals surface area contributed by atoms with Crippen molar-refractivity contribution in [3.63, 3.8) is 0 Å². The summed E-state index contributed by atoms with van der Waals surface area (Å²) in [5.41, 5.74) is 0.547. The Hall–Kier alpha value is -2.57. The number of carboxylic acid groups (broad SMARTS) is 2. The first-order valence-corrected chi connectivity index (χ1v) is 4.94. The first kappa shape index (κ1) is 13.5. The Labute approximate surface area is 102 Å². The molecule has 0 heterocycles. The fourth-order valence-electron chi connectivity index (χ4n) is 1.29. The molecule has 1 atom stereocenters. The van der Waals surface area contributed by atoms with Crippen LogP contribution >= 0.6 is 0 Å². The van der Waals surface area contributed by atoms with Crippen molar-refractivity contribution >= 4 is 17.8 Å². The fraction of sp³-hybridized carbons (Fsp3) is 0.182. The molecule has 0 spiro atoms. The number of aromatic hydroxyl groups is 1. The van der Waals surface area contributed by atoms with E-state index in [9.17, 15) is 14.4 Å². The summed E-state index contributed by atoms with van der Waals surface area (Å²) in [4.78, 5) is 32.1. The number of hydrogen-bond acceptors (Lipinski definition) is 4. The van der Waals surface area contributed by atoms with E-state index in [-0.39, 0.29) is 12.2 Å². The molecule has 1 aromatic carbocycles. The van der Waals surface area contributed by atoms with E-state index in [1.165, 1.54) is 24.3 Å². The molecule has 0 aliphatic rings. The van der Waals surface area contributed by atoms with Crippen LogP contribution < -0.4 is 5.32 Å². The van der Waals surface area contributed by atoms with Crippen LogP contribution in [0.2, 0.25) is 0 Å². The first-order valence-electron chi connectivity index (χ1n) is 4.94. The Morgan fingerprint density at radius 2 is 1.67 bits per heavy atom. The molecular weight excluding hydrogens is 242 g/mol. The third kappa shape index (κ3) is 3.78. The van der Waals surface area contributed by atoms with Crippen LogP contribution in [0.5, 0.6) is 5.75 Å². The Morgan fingerprint density at radius 1 is 1.11 bits per heavy atom. The molecule has 7 heteroatoms. The van der Waals surface area contributed by atoms with E-state index in [4.69, 9.17) is 15.3 Å². The number of benzene rings is 1. The van der Waals surface area contributed by atoms with E-state index < -0.39 is 23.9 Å². The second-order valence-corrected chi connectivity index (χ2v) is 3.54. The average molecular weight is 253 g/mol. The molecule has 1 rings (SSSR count). The summed E-state index contributed by atoms with van der Waals surface area (Å²) in [6, 6.07) is 4.37. The summed E-state index contributed by atoms with van der Waals surface area (Å²) in [6.45, 7) is 0. The summed E-state index contributed by atoms with van der Waals surface area (Å²) < 4.78 is 0. The summed E-state index contributed by atoms with van der Waals surface area (Å²) >= 11 is 0. The van der Waals surface area contributed by atoms with Gasteiger partial charge in [0.2, 0.25) is 0 Å². The van der Waals surface area contributed by atoms with E-state index in [0.717, 1.165) is 0 Å². The van der Waals surface area contributed by atoms with Gasteiger partial charge < -0.3 is 20.6 Å². The highest BCUT2D eigenvalue weighted by Gasteiger charge is 2.23. The highest BCUT2D eigenvalue weighted by molar-refractivity contribution is 6.31. The third-order valence-corrected chi connectivity index (χ3v) is 2.17. The van der Waals surface area contributed by atoms with Gasteiger partial charge in [-0.15, -0.1) is 0 Å². The van der Waals surface area contributed by atoms with Crippen molar-refractivity contribution in [2.24, 2.45) is 0 Å². The van der Waals surface area contributed by atoms with Crippen LogP contribution in [0.1, 0.15) is 5.56 Å². The van der Waals surface area contributed by atoms with E-state index in [2.05, 4.69) is 0 Å². The maximum atomic E-state index is 10.9. The summed E-state index contributed by atoms with van der Waals surface area (Å²) in [5.74, 6) is -4.42. The monoisotopic (exact) mass is 253 g/mol. The highest BCUT2D eigenvalue weighted by atomic mass is 16.4. The zero-order chi connectivity index (χ0) is 13.7. The van der Waals surface area contributed by atoms with Gasteiger partial charge in [-0.3, -0.25) is 4.79 Å². The Kier molecular flexibility index (Phi) is 4.25. The van der Waals surface area contributed by atoms with Crippen LogP contribution in [0.15, 0.2) is 24.3 Å². The predicted molar refractivity (Wildman–Crippen MR) is 59.0 cm³/mol. The van der Waals surface area contributed by atoms with Crippen molar-refractivity contribution in [2.75, 3.05) is 0 Å². The van der Waals surface area contributed by atoms with Crippen molar-refractivity contribution in [3.8, 4) is 5.75 Å². The van der Waals surface area contributed by atoms with Gasteiger partial charge in [-0.05, 0) is 17.7 Å². The van der Waals surface area contributed by atoms with Crippen molar-refractivity contribution in [1.29, 1.82) is 0 Å². The van der Waals surface area contributed by atoms with Gasteiger partial charge in [-0.25, -0.2) is 9.59 Å². The average Bonchev–Trinajstić information content (AvgIpc) is 2.30. The molecule has 18 heavy (non-hydrogen) atoms. The molecular formula is C11H11NO6. The van der Waals surface area contributed by atoms with Gasteiger partial charge in [-0.2, -0.15) is 0 Å². The van der Waals surface area contributed by atoms with Crippen molar-refractivity contribution < 1.29 is 29.7 Å². The summed E-state index contributed by atoms with van der Waals surface area (Å²) in [5, 5.41) is 28.2. The molecule has 0 saturated heterocycles. The van der Waals surface area contributed by atoms with Crippen molar-refractivity contribution in [3.05, 3.63) is 29.8 Å². The van der Waals surface area contributed by atoms with Gasteiger partial charge in [0.1, 0.15) is 11.8 Å². The smallest absolute Gasteiger partial charge is 0.394 e. The molecule has 4 N–H and O–H groups in total. The number of nitrogens with one attached hydrogen (secondary N) is 1. The molecule has 96 valence electrons. The molecule has 0 radical (unpaired) electrons. The standard InChI is InChI=1S/C11H11NO6/c13-7-3-1-6(2-4-7)5-8(10(15)16)12-9(14)11(17)18/h1-4,8,13H,5H2,(H,12,14)(H,15,16)(H,17,18). The summed E-state index contributed by atoms with van der Waals surface area (Å²) in [7, 11) is 0. The fourth-order valence-corrected chi connectivity index (χ4v) is 1.29. The minimum absolute atomic E-state index is 0.0280. The number of carbonyl (C=O) groups excluding carboxylic acids is 1. The lowest BCUT2D eigenvalue weighted by Gasteiger charge is -2.12. The number of hydrogen-bond donors (Lipinski definition) is 4. The molecule has 0 bridgehead atoms. The van der Waals surface area contributed by atoms with E-state index in [1.807, 2.05) is 5.32 Å². The van der Waals surface area contributed by atoms with E-state index in [0.29, 0.717) is 5.56 Å². The lowest BCUT2D eigenvalue weighted by Crippen LogP contribution is -2.45. The van der Waals surface area contributed by atoms with Crippen LogP contribution in [0.25, 0.3) is 0 Å². The number of carbonyl (C=O) groups is 3. The molecule has 0 aliphatic carbocycles. The quantitative estimate of drug-likeness (QED) is 0.541. The maximum Gasteiger partial charge on any atom is 0.394 e. The summed E-state index contributed by atoms with van der Waals surface area (Å²) in [6.07, 6.45) is -0.0748. The Bertz CT molecular complexity index is 467. The number of rotatable bonds is 4. The molecule has 1 unspecified atom stereocenters. The second kappa shape index (κ2) is 5.67. The number of aliphatic carboxylic acids is 2. The van der Waals surface area contributed by atoms with Gasteiger partial charge in [0.05, 0.1) is 0 Å². The lowest BCUT2D eigenvalue weighted by atomic mass is 10.1. The topological polar surface area (TPSA) is 124 Å². The van der Waals surface area contributed by atoms with Crippen LogP contribution in [0.4, 0.5) is 0 Å².